The third-order valence-electron chi connectivity index (χ3n) is 2.92. The Morgan fingerprint density at radius 2 is 1.81 bits per heavy atom. The van der Waals surface area contributed by atoms with Gasteiger partial charge in [-0.3, -0.25) is 0 Å². The number of aromatic nitrogens is 2. The number of aromatic hydroxyl groups is 1. The summed E-state index contributed by atoms with van der Waals surface area (Å²) < 4.78 is 1.86. The Morgan fingerprint density at radius 1 is 1.19 bits per heavy atom. The smallest absolute Gasteiger partial charge is 0.229 e. The second-order valence-corrected chi connectivity index (χ2v) is 4.52. The first-order chi connectivity index (χ1) is 7.51. The Hall–Kier alpha value is -1.77. The predicted molar refractivity (Wildman–Crippen MR) is 63.4 cm³/mol. The van der Waals surface area contributed by atoms with Crippen molar-refractivity contribution in [1.29, 1.82) is 0 Å². The molecule has 0 aliphatic carbocycles. The average Bonchev–Trinajstić information content (AvgIpc) is 2.60. The number of aryl methyl sites for hydroxylation is 1. The van der Waals surface area contributed by atoms with E-state index in [-0.39, 0.29) is 11.3 Å². The highest BCUT2D eigenvalue weighted by atomic mass is 16.3. The van der Waals surface area contributed by atoms with E-state index in [1.165, 1.54) is 5.56 Å². The van der Waals surface area contributed by atoms with Crippen molar-refractivity contribution < 1.29 is 5.11 Å². The molecule has 0 aliphatic heterocycles. The Bertz CT molecular complexity index is 486. The molecule has 0 aliphatic rings. The van der Waals surface area contributed by atoms with Gasteiger partial charge in [0, 0.05) is 12.5 Å². The molecule has 0 radical (unpaired) electrons. The second kappa shape index (κ2) is 3.67. The van der Waals surface area contributed by atoms with Crippen molar-refractivity contribution in [3.63, 3.8) is 0 Å². The van der Waals surface area contributed by atoms with Gasteiger partial charge in [0.15, 0.2) is 0 Å². The lowest BCUT2D eigenvalue weighted by Crippen LogP contribution is -2.23. The highest BCUT2D eigenvalue weighted by Gasteiger charge is 2.27. The highest BCUT2D eigenvalue weighted by Crippen LogP contribution is 2.31. The molecular weight excluding hydrogens is 200 g/mol. The first-order valence-corrected chi connectivity index (χ1v) is 5.30. The number of hydrogen-bond acceptors (Lipinski definition) is 2. The normalized spacial score (nSPS) is 11.7. The average molecular weight is 216 g/mol. The minimum Gasteiger partial charge on any atom is -0.492 e. The van der Waals surface area contributed by atoms with E-state index < -0.39 is 0 Å². The zero-order chi connectivity index (χ0) is 11.8. The molecular formula is C13H16N2O. The Kier molecular flexibility index (Phi) is 2.46. The topological polar surface area (TPSA) is 38.0 Å². The maximum atomic E-state index is 9.41. The zero-order valence-corrected chi connectivity index (χ0v) is 9.81. The van der Waals surface area contributed by atoms with Gasteiger partial charge in [-0.05, 0) is 19.4 Å². The van der Waals surface area contributed by atoms with Gasteiger partial charge in [0.05, 0.1) is 6.20 Å². The molecule has 1 aromatic carbocycles. The maximum Gasteiger partial charge on any atom is 0.229 e. The molecule has 1 aromatic heterocycles. The van der Waals surface area contributed by atoms with Gasteiger partial charge in [-0.25, -0.2) is 0 Å². The third-order valence-corrected chi connectivity index (χ3v) is 2.92. The molecule has 0 spiro atoms. The predicted octanol–water partition coefficient (Wildman–Crippen LogP) is 2.45. The van der Waals surface area contributed by atoms with Gasteiger partial charge in [-0.2, -0.15) is 4.98 Å². The lowest BCUT2D eigenvalue weighted by atomic mass is 9.84. The van der Waals surface area contributed by atoms with E-state index in [0.29, 0.717) is 0 Å². The van der Waals surface area contributed by atoms with Crippen molar-refractivity contribution in [3.8, 4) is 5.88 Å². The van der Waals surface area contributed by atoms with Crippen molar-refractivity contribution >= 4 is 0 Å². The van der Waals surface area contributed by atoms with Crippen LogP contribution in [0, 0.1) is 0 Å². The van der Waals surface area contributed by atoms with Crippen molar-refractivity contribution in [2.75, 3.05) is 0 Å². The largest absolute Gasteiger partial charge is 0.492 e. The molecule has 0 amide bonds. The van der Waals surface area contributed by atoms with Crippen molar-refractivity contribution in [1.82, 2.24) is 9.55 Å². The summed E-state index contributed by atoms with van der Waals surface area (Å²) in [6, 6.07) is 10.2. The third kappa shape index (κ3) is 1.69. The Balaban J connectivity index is 2.51. The molecule has 16 heavy (non-hydrogen) atoms. The molecule has 1 N–H and O–H groups in total. The molecule has 3 nitrogen and oxygen atoms in total. The first kappa shape index (κ1) is 10.7. The summed E-state index contributed by atoms with van der Waals surface area (Å²) in [5.74, 6) is 0.928. The Morgan fingerprint density at radius 3 is 2.31 bits per heavy atom. The summed E-state index contributed by atoms with van der Waals surface area (Å²) >= 11 is 0. The van der Waals surface area contributed by atoms with Gasteiger partial charge in [-0.1, -0.05) is 30.3 Å². The first-order valence-electron chi connectivity index (χ1n) is 5.30. The van der Waals surface area contributed by atoms with Crippen LogP contribution in [-0.2, 0) is 12.5 Å². The zero-order valence-electron chi connectivity index (χ0n) is 9.81. The molecule has 2 rings (SSSR count). The van der Waals surface area contributed by atoms with Gasteiger partial charge < -0.3 is 9.67 Å². The van der Waals surface area contributed by atoms with Crippen LogP contribution in [0.15, 0.2) is 36.5 Å². The van der Waals surface area contributed by atoms with E-state index in [1.807, 2.05) is 29.8 Å². The summed E-state index contributed by atoms with van der Waals surface area (Å²) in [4.78, 5) is 4.18. The molecule has 0 bridgehead atoms. The second-order valence-electron chi connectivity index (χ2n) is 4.52. The van der Waals surface area contributed by atoms with E-state index in [4.69, 9.17) is 0 Å². The fraction of sp³-hybridized carbons (Fsp3) is 0.308. The van der Waals surface area contributed by atoms with Crippen LogP contribution < -0.4 is 0 Å². The van der Waals surface area contributed by atoms with Crippen molar-refractivity contribution in [2.24, 2.45) is 7.05 Å². The molecule has 0 saturated carbocycles. The lowest BCUT2D eigenvalue weighted by molar-refractivity contribution is 0.452. The van der Waals surface area contributed by atoms with Crippen LogP contribution in [0.5, 0.6) is 5.88 Å². The molecule has 1 heterocycles. The number of benzene rings is 1. The van der Waals surface area contributed by atoms with Crippen molar-refractivity contribution in [3.05, 3.63) is 47.9 Å². The fourth-order valence-electron chi connectivity index (χ4n) is 2.02. The molecule has 0 unspecified atom stereocenters. The van der Waals surface area contributed by atoms with Gasteiger partial charge in [0.1, 0.15) is 5.82 Å². The molecule has 2 aromatic rings. The molecule has 0 saturated heterocycles. The number of hydrogen-bond donors (Lipinski definition) is 1. The van der Waals surface area contributed by atoms with Crippen LogP contribution in [0.1, 0.15) is 25.2 Å². The van der Waals surface area contributed by atoms with E-state index >= 15 is 0 Å². The quantitative estimate of drug-likeness (QED) is 0.837. The van der Waals surface area contributed by atoms with Gasteiger partial charge in [0.25, 0.3) is 0 Å². The lowest BCUT2D eigenvalue weighted by Gasteiger charge is -2.24. The van der Waals surface area contributed by atoms with Crippen LogP contribution >= 0.6 is 0 Å². The SMILES string of the molecule is Cn1cc(O)nc1C(C)(C)c1ccccc1. The van der Waals surface area contributed by atoms with Crippen molar-refractivity contribution in [2.45, 2.75) is 19.3 Å². The standard InChI is InChI=1S/C13H16N2O/c1-13(2,10-7-5-4-6-8-10)12-14-11(16)9-15(12)3/h4-9,16H,1-3H3. The van der Waals surface area contributed by atoms with Crippen LogP contribution in [0.3, 0.4) is 0 Å². The summed E-state index contributed by atoms with van der Waals surface area (Å²) in [7, 11) is 1.90. The minimum atomic E-state index is -0.211. The Labute approximate surface area is 95.4 Å². The van der Waals surface area contributed by atoms with Crippen LogP contribution in [0.25, 0.3) is 0 Å². The van der Waals surface area contributed by atoms with E-state index in [1.54, 1.807) is 6.20 Å². The molecule has 3 heteroatoms. The molecule has 84 valence electrons. The van der Waals surface area contributed by atoms with Crippen LogP contribution in [0.4, 0.5) is 0 Å². The minimum absolute atomic E-state index is 0.0708. The van der Waals surface area contributed by atoms with Crippen LogP contribution in [-0.4, -0.2) is 14.7 Å². The molecule has 0 atom stereocenters. The van der Waals surface area contributed by atoms with Gasteiger partial charge >= 0.3 is 0 Å². The summed E-state index contributed by atoms with van der Waals surface area (Å²) in [6.45, 7) is 4.20. The maximum absolute atomic E-state index is 9.41. The summed E-state index contributed by atoms with van der Waals surface area (Å²) in [5.41, 5.74) is 0.973. The number of nitrogens with zero attached hydrogens (tertiary/aromatic N) is 2. The van der Waals surface area contributed by atoms with E-state index in [0.717, 1.165) is 5.82 Å². The number of imidazole rings is 1. The summed E-state index contributed by atoms with van der Waals surface area (Å²) in [6.07, 6.45) is 1.63. The molecule has 0 fully saturated rings. The highest BCUT2D eigenvalue weighted by molar-refractivity contribution is 5.32. The van der Waals surface area contributed by atoms with E-state index in [2.05, 4.69) is 31.0 Å². The van der Waals surface area contributed by atoms with Gasteiger partial charge in [0.2, 0.25) is 5.88 Å². The van der Waals surface area contributed by atoms with Gasteiger partial charge in [-0.15, -0.1) is 0 Å². The number of rotatable bonds is 2. The van der Waals surface area contributed by atoms with Crippen LogP contribution in [0.2, 0.25) is 0 Å². The van der Waals surface area contributed by atoms with E-state index in [9.17, 15) is 5.11 Å². The monoisotopic (exact) mass is 216 g/mol. The fourth-order valence-corrected chi connectivity index (χ4v) is 2.02. The summed E-state index contributed by atoms with van der Waals surface area (Å²) in [5, 5.41) is 9.41.